The molecule has 1 unspecified atom stereocenters. The Balaban J connectivity index is 1.44. The quantitative estimate of drug-likeness (QED) is 0.565. The van der Waals surface area contributed by atoms with Crippen molar-refractivity contribution in [1.29, 1.82) is 0 Å². The van der Waals surface area contributed by atoms with E-state index in [1.54, 1.807) is 10.8 Å². The van der Waals surface area contributed by atoms with Gasteiger partial charge in [0.1, 0.15) is 17.7 Å². The number of oxazole rings is 1. The fourth-order valence-corrected chi connectivity index (χ4v) is 3.34. The third-order valence-corrected chi connectivity index (χ3v) is 4.55. The molecule has 7 nitrogen and oxygen atoms in total. The predicted molar refractivity (Wildman–Crippen MR) is 89.0 cm³/mol. The summed E-state index contributed by atoms with van der Waals surface area (Å²) in [6.45, 7) is 1.84. The van der Waals surface area contributed by atoms with Crippen molar-refractivity contribution < 1.29 is 4.42 Å². The van der Waals surface area contributed by atoms with Gasteiger partial charge in [0.05, 0.1) is 5.92 Å². The maximum absolute atomic E-state index is 5.97. The normalized spacial score (nSPS) is 18.5. The molecule has 1 saturated heterocycles. The summed E-state index contributed by atoms with van der Waals surface area (Å²) in [7, 11) is 0. The fourth-order valence-electron chi connectivity index (χ4n) is 3.34. The molecule has 0 bridgehead atoms. The molecule has 24 heavy (non-hydrogen) atoms. The van der Waals surface area contributed by atoms with E-state index in [-0.39, 0.29) is 5.92 Å². The van der Waals surface area contributed by atoms with Crippen LogP contribution in [0.15, 0.2) is 47.1 Å². The van der Waals surface area contributed by atoms with Crippen LogP contribution >= 0.6 is 0 Å². The summed E-state index contributed by atoms with van der Waals surface area (Å²) in [6.07, 6.45) is 3.80. The maximum atomic E-state index is 5.97. The Labute approximate surface area is 137 Å². The van der Waals surface area contributed by atoms with E-state index in [1.807, 2.05) is 36.4 Å². The number of hydrogen-bond acceptors (Lipinski definition) is 6. The van der Waals surface area contributed by atoms with Crippen LogP contribution in [-0.4, -0.2) is 37.9 Å². The smallest absolute Gasteiger partial charge is 0.200 e. The molecule has 3 aromatic heterocycles. The van der Waals surface area contributed by atoms with Crippen LogP contribution in [0.25, 0.3) is 16.7 Å². The third-order valence-electron chi connectivity index (χ3n) is 4.55. The number of piperidine rings is 1. The largest absolute Gasteiger partial charge is 0.440 e. The van der Waals surface area contributed by atoms with Crippen LogP contribution in [0.1, 0.15) is 24.7 Å². The van der Waals surface area contributed by atoms with Gasteiger partial charge in [0.2, 0.25) is 0 Å². The Bertz CT molecular complexity index is 965. The van der Waals surface area contributed by atoms with E-state index in [0.29, 0.717) is 0 Å². The van der Waals surface area contributed by atoms with Gasteiger partial charge in [0, 0.05) is 13.1 Å². The van der Waals surface area contributed by atoms with Crippen LogP contribution in [0.2, 0.25) is 0 Å². The summed E-state index contributed by atoms with van der Waals surface area (Å²) in [5.41, 5.74) is 2.54. The van der Waals surface area contributed by atoms with Gasteiger partial charge in [-0.2, -0.15) is 4.52 Å². The van der Waals surface area contributed by atoms with Crippen LogP contribution in [0.3, 0.4) is 0 Å². The molecule has 0 N–H and O–H groups in total. The molecule has 1 aliphatic heterocycles. The van der Waals surface area contributed by atoms with E-state index >= 15 is 0 Å². The molecule has 7 heteroatoms. The van der Waals surface area contributed by atoms with Gasteiger partial charge in [-0.25, -0.2) is 4.98 Å². The Hall–Kier alpha value is -2.96. The zero-order valence-electron chi connectivity index (χ0n) is 13.0. The van der Waals surface area contributed by atoms with Crippen molar-refractivity contribution in [3.8, 4) is 0 Å². The number of rotatable bonds is 2. The fraction of sp³-hybridized carbons (Fsp3) is 0.294. The number of fused-ring (bicyclic) bond motifs is 2. The SMILES string of the molecule is c1ccc2oc(C3CCCN(c4ccc5nncn5n4)C3)nc2c1. The lowest BCUT2D eigenvalue weighted by molar-refractivity contribution is 0.412. The highest BCUT2D eigenvalue weighted by Gasteiger charge is 2.26. The lowest BCUT2D eigenvalue weighted by Gasteiger charge is -2.31. The maximum Gasteiger partial charge on any atom is 0.200 e. The summed E-state index contributed by atoms with van der Waals surface area (Å²) in [5, 5.41) is 12.5. The van der Waals surface area contributed by atoms with Crippen molar-refractivity contribution in [3.63, 3.8) is 0 Å². The van der Waals surface area contributed by atoms with Crippen molar-refractivity contribution in [3.05, 3.63) is 48.6 Å². The highest BCUT2D eigenvalue weighted by molar-refractivity contribution is 5.72. The van der Waals surface area contributed by atoms with Gasteiger partial charge >= 0.3 is 0 Å². The third kappa shape index (κ3) is 2.20. The molecule has 0 aliphatic carbocycles. The molecule has 0 saturated carbocycles. The number of nitrogens with zero attached hydrogens (tertiary/aromatic N) is 6. The van der Waals surface area contributed by atoms with Crippen molar-refractivity contribution >= 4 is 22.6 Å². The van der Waals surface area contributed by atoms with Crippen LogP contribution in [0.4, 0.5) is 5.82 Å². The monoisotopic (exact) mass is 320 g/mol. The molecular formula is C17H16N6O. The Morgan fingerprint density at radius 3 is 3.04 bits per heavy atom. The Morgan fingerprint density at radius 2 is 2.08 bits per heavy atom. The first-order chi connectivity index (χ1) is 11.9. The molecule has 1 fully saturated rings. The Morgan fingerprint density at radius 1 is 1.12 bits per heavy atom. The van der Waals surface area contributed by atoms with Gasteiger partial charge in [0.15, 0.2) is 17.1 Å². The highest BCUT2D eigenvalue weighted by atomic mass is 16.3. The van der Waals surface area contributed by atoms with Crippen molar-refractivity contribution in [1.82, 2.24) is 24.8 Å². The molecule has 0 radical (unpaired) electrons. The van der Waals surface area contributed by atoms with Gasteiger partial charge in [0.25, 0.3) is 0 Å². The van der Waals surface area contributed by atoms with Gasteiger partial charge < -0.3 is 9.32 Å². The first-order valence-corrected chi connectivity index (χ1v) is 8.14. The van der Waals surface area contributed by atoms with Gasteiger partial charge in [-0.05, 0) is 37.1 Å². The number of benzene rings is 1. The van der Waals surface area contributed by atoms with Gasteiger partial charge in [-0.1, -0.05) is 12.1 Å². The van der Waals surface area contributed by atoms with E-state index in [2.05, 4.69) is 25.2 Å². The summed E-state index contributed by atoms with van der Waals surface area (Å²) < 4.78 is 7.67. The van der Waals surface area contributed by atoms with Gasteiger partial charge in [-0.15, -0.1) is 15.3 Å². The molecule has 4 aromatic rings. The highest BCUT2D eigenvalue weighted by Crippen LogP contribution is 2.30. The van der Waals surface area contributed by atoms with E-state index < -0.39 is 0 Å². The molecule has 0 spiro atoms. The second kappa shape index (κ2) is 5.30. The first kappa shape index (κ1) is 13.5. The number of hydrogen-bond donors (Lipinski definition) is 0. The molecule has 1 aliphatic rings. The second-order valence-electron chi connectivity index (χ2n) is 6.13. The minimum Gasteiger partial charge on any atom is -0.440 e. The van der Waals surface area contributed by atoms with E-state index in [1.165, 1.54) is 0 Å². The van der Waals surface area contributed by atoms with E-state index in [0.717, 1.165) is 54.4 Å². The van der Waals surface area contributed by atoms with E-state index in [9.17, 15) is 0 Å². The average molecular weight is 320 g/mol. The number of aromatic nitrogens is 5. The summed E-state index contributed by atoms with van der Waals surface area (Å²) in [4.78, 5) is 6.95. The lowest BCUT2D eigenvalue weighted by atomic mass is 9.98. The summed E-state index contributed by atoms with van der Waals surface area (Å²) in [5.74, 6) is 2.04. The first-order valence-electron chi connectivity index (χ1n) is 8.14. The molecule has 0 amide bonds. The van der Waals surface area contributed by atoms with Gasteiger partial charge in [-0.3, -0.25) is 0 Å². The van der Waals surface area contributed by atoms with Crippen LogP contribution in [-0.2, 0) is 0 Å². The second-order valence-corrected chi connectivity index (χ2v) is 6.13. The summed E-state index contributed by atoms with van der Waals surface area (Å²) in [6, 6.07) is 11.9. The average Bonchev–Trinajstić information content (AvgIpc) is 3.27. The minimum atomic E-state index is 0.282. The van der Waals surface area contributed by atoms with Crippen molar-refractivity contribution in [2.45, 2.75) is 18.8 Å². The van der Waals surface area contributed by atoms with Crippen molar-refractivity contribution in [2.75, 3.05) is 18.0 Å². The van der Waals surface area contributed by atoms with Crippen molar-refractivity contribution in [2.24, 2.45) is 0 Å². The molecule has 1 atom stereocenters. The molecule has 5 rings (SSSR count). The topological polar surface area (TPSA) is 72.4 Å². The van der Waals surface area contributed by atoms with Crippen LogP contribution in [0.5, 0.6) is 0 Å². The molecular weight excluding hydrogens is 304 g/mol. The number of para-hydroxylation sites is 2. The zero-order valence-corrected chi connectivity index (χ0v) is 13.0. The van der Waals surface area contributed by atoms with Crippen LogP contribution in [0, 0.1) is 0 Å². The molecule has 1 aromatic carbocycles. The summed E-state index contributed by atoms with van der Waals surface area (Å²) >= 11 is 0. The number of anilines is 1. The lowest BCUT2D eigenvalue weighted by Crippen LogP contribution is -2.35. The van der Waals surface area contributed by atoms with E-state index in [4.69, 9.17) is 4.42 Å². The zero-order chi connectivity index (χ0) is 15.9. The molecule has 4 heterocycles. The Kier molecular flexibility index (Phi) is 2.97. The molecule has 120 valence electrons. The minimum absolute atomic E-state index is 0.282. The van der Waals surface area contributed by atoms with Crippen LogP contribution < -0.4 is 4.90 Å². The predicted octanol–water partition coefficient (Wildman–Crippen LogP) is 2.65. The standard InChI is InChI=1S/C17H16N6O/c1-2-6-14-13(5-1)19-17(24-14)12-4-3-9-22(10-12)16-8-7-15-20-18-11-23(15)21-16/h1-2,5-8,11-12H,3-4,9-10H2.